The molecule has 0 radical (unpaired) electrons. The number of methoxy groups -OCH3 is 2. The van der Waals surface area contributed by atoms with Gasteiger partial charge in [0.1, 0.15) is 6.04 Å². The van der Waals surface area contributed by atoms with E-state index >= 15 is 0 Å². The van der Waals surface area contributed by atoms with E-state index in [0.717, 1.165) is 35.1 Å². The molecule has 0 bridgehead atoms. The van der Waals surface area contributed by atoms with Gasteiger partial charge in [-0.15, -0.1) is 0 Å². The van der Waals surface area contributed by atoms with Gasteiger partial charge in [-0.05, 0) is 84.3 Å². The number of nitrogens with zero attached hydrogens (tertiary/aromatic N) is 1. The van der Waals surface area contributed by atoms with Crippen molar-refractivity contribution in [1.29, 1.82) is 0 Å². The van der Waals surface area contributed by atoms with Gasteiger partial charge in [0.2, 0.25) is 21.8 Å². The molecule has 2 amide bonds. The number of hydrogen-bond donors (Lipinski definition) is 2. The molecule has 1 saturated carbocycles. The Labute approximate surface area is 293 Å². The molecule has 0 aliphatic heterocycles. The van der Waals surface area contributed by atoms with Crippen LogP contribution in [0.5, 0.6) is 11.5 Å². The monoisotopic (exact) mass is 703 g/mol. The highest BCUT2D eigenvalue weighted by Gasteiger charge is 2.31. The molecule has 1 atom stereocenters. The Morgan fingerprint density at radius 1 is 0.816 bits per heavy atom. The van der Waals surface area contributed by atoms with Crippen molar-refractivity contribution in [2.24, 2.45) is 0 Å². The molecule has 0 aromatic heterocycles. The van der Waals surface area contributed by atoms with Crippen molar-refractivity contribution >= 4 is 33.4 Å². The molecule has 0 spiro atoms. The molecule has 11 heteroatoms. The van der Waals surface area contributed by atoms with Gasteiger partial charge in [-0.1, -0.05) is 72.3 Å². The van der Waals surface area contributed by atoms with Crippen molar-refractivity contribution in [2.75, 3.05) is 20.8 Å². The van der Waals surface area contributed by atoms with Crippen LogP contribution in [-0.2, 0) is 45.4 Å². The van der Waals surface area contributed by atoms with Crippen LogP contribution < -0.4 is 19.5 Å². The number of amides is 2. The second kappa shape index (κ2) is 16.8. The molecule has 1 fully saturated rings. The maximum atomic E-state index is 14.1. The SMILES string of the molecule is COc1ccc(CCNC(=O)[C@H](Cc2ccccc2)N(Cc2ccc(Cl)cc2)C(=O)CCc2ccc(S(=O)(=O)NC3CC3)cc2)cc1OC. The lowest BCUT2D eigenvalue weighted by Gasteiger charge is -2.32. The molecule has 1 aliphatic rings. The van der Waals surface area contributed by atoms with Crippen LogP contribution in [0.1, 0.15) is 41.5 Å². The molecule has 5 rings (SSSR count). The fraction of sp³-hybridized carbons (Fsp3) is 0.316. The number of ether oxygens (including phenoxy) is 2. The lowest BCUT2D eigenvalue weighted by atomic mass is 10.0. The number of halogens is 1. The predicted octanol–water partition coefficient (Wildman–Crippen LogP) is 5.73. The highest BCUT2D eigenvalue weighted by atomic mass is 35.5. The highest BCUT2D eigenvalue weighted by Crippen LogP contribution is 2.28. The van der Waals surface area contributed by atoms with E-state index in [4.69, 9.17) is 21.1 Å². The van der Waals surface area contributed by atoms with Crippen molar-refractivity contribution in [2.45, 2.75) is 62.0 Å². The van der Waals surface area contributed by atoms with Crippen LogP contribution in [0.3, 0.4) is 0 Å². The summed E-state index contributed by atoms with van der Waals surface area (Å²) < 4.78 is 38.7. The van der Waals surface area contributed by atoms with Gasteiger partial charge in [-0.2, -0.15) is 0 Å². The van der Waals surface area contributed by atoms with Crippen molar-refractivity contribution in [1.82, 2.24) is 14.9 Å². The Morgan fingerprint density at radius 2 is 1.47 bits per heavy atom. The van der Waals surface area contributed by atoms with E-state index in [0.29, 0.717) is 42.3 Å². The summed E-state index contributed by atoms with van der Waals surface area (Å²) >= 11 is 6.16. The Bertz CT molecular complexity index is 1810. The third-order valence-electron chi connectivity index (χ3n) is 8.46. The Morgan fingerprint density at radius 3 is 2.12 bits per heavy atom. The highest BCUT2D eigenvalue weighted by molar-refractivity contribution is 7.89. The van der Waals surface area contributed by atoms with Crippen LogP contribution in [0.2, 0.25) is 5.02 Å². The number of sulfonamides is 1. The second-order valence-corrected chi connectivity index (χ2v) is 14.3. The predicted molar refractivity (Wildman–Crippen MR) is 190 cm³/mol. The molecular weight excluding hydrogens is 662 g/mol. The number of carbonyl (C=O) groups excluding carboxylic acids is 2. The molecule has 0 heterocycles. The minimum absolute atomic E-state index is 0.0147. The standard InChI is InChI=1S/C38H42ClN3O6S/c1-47-35-20-12-29(25-36(35)48-2)22-23-40-38(44)34(24-28-6-4-3-5-7-28)42(26-30-8-14-31(39)15-9-30)37(43)21-13-27-10-18-33(19-11-27)49(45,46)41-32-16-17-32/h3-12,14-15,18-20,25,32,34,41H,13,16-17,21-24,26H2,1-2H3,(H,40,44)/t34-/m0/s1. The molecule has 1 aliphatic carbocycles. The number of benzene rings is 4. The van der Waals surface area contributed by atoms with Crippen molar-refractivity contribution in [3.63, 3.8) is 0 Å². The summed E-state index contributed by atoms with van der Waals surface area (Å²) in [5, 5.41) is 3.65. The molecule has 0 unspecified atom stereocenters. The van der Waals surface area contributed by atoms with Gasteiger partial charge in [-0.25, -0.2) is 13.1 Å². The summed E-state index contributed by atoms with van der Waals surface area (Å²) in [7, 11) is -0.408. The van der Waals surface area contributed by atoms with E-state index in [1.54, 1.807) is 55.5 Å². The van der Waals surface area contributed by atoms with Crippen LogP contribution in [0, 0.1) is 0 Å². The molecule has 258 valence electrons. The smallest absolute Gasteiger partial charge is 0.243 e. The average Bonchev–Trinajstić information content (AvgIpc) is 3.93. The maximum absolute atomic E-state index is 14.1. The molecule has 9 nitrogen and oxygen atoms in total. The fourth-order valence-corrected chi connectivity index (χ4v) is 6.97. The Kier molecular flexibility index (Phi) is 12.3. The first-order chi connectivity index (χ1) is 23.6. The zero-order valence-corrected chi connectivity index (χ0v) is 29.3. The van der Waals surface area contributed by atoms with E-state index in [1.165, 1.54) is 0 Å². The molecule has 0 saturated heterocycles. The van der Waals surface area contributed by atoms with Crippen LogP contribution in [0.15, 0.2) is 102 Å². The fourth-order valence-electron chi connectivity index (χ4n) is 5.54. The first kappa shape index (κ1) is 35.9. The summed E-state index contributed by atoms with van der Waals surface area (Å²) in [6.45, 7) is 0.564. The van der Waals surface area contributed by atoms with E-state index in [9.17, 15) is 18.0 Å². The second-order valence-electron chi connectivity index (χ2n) is 12.1. The minimum Gasteiger partial charge on any atom is -0.493 e. The van der Waals surface area contributed by atoms with Crippen LogP contribution in [-0.4, -0.2) is 58.0 Å². The van der Waals surface area contributed by atoms with Crippen molar-refractivity contribution in [3.8, 4) is 11.5 Å². The zero-order chi connectivity index (χ0) is 34.8. The summed E-state index contributed by atoms with van der Waals surface area (Å²) in [5.41, 5.74) is 3.55. The van der Waals surface area contributed by atoms with Gasteiger partial charge in [0.15, 0.2) is 11.5 Å². The third-order valence-corrected chi connectivity index (χ3v) is 10.2. The third kappa shape index (κ3) is 10.3. The van der Waals surface area contributed by atoms with E-state index in [2.05, 4.69) is 10.0 Å². The zero-order valence-electron chi connectivity index (χ0n) is 27.7. The first-order valence-electron chi connectivity index (χ1n) is 16.3. The maximum Gasteiger partial charge on any atom is 0.243 e. The lowest BCUT2D eigenvalue weighted by molar-refractivity contribution is -0.141. The van der Waals surface area contributed by atoms with Gasteiger partial charge in [0.25, 0.3) is 0 Å². The normalized spacial score (nSPS) is 13.4. The summed E-state index contributed by atoms with van der Waals surface area (Å²) in [6.07, 6.45) is 3.09. The topological polar surface area (TPSA) is 114 Å². The van der Waals surface area contributed by atoms with Gasteiger partial charge in [-0.3, -0.25) is 9.59 Å². The van der Waals surface area contributed by atoms with E-state index < -0.39 is 16.1 Å². The van der Waals surface area contributed by atoms with Crippen molar-refractivity contribution < 1.29 is 27.5 Å². The van der Waals surface area contributed by atoms with Crippen molar-refractivity contribution in [3.05, 3.63) is 124 Å². The molecular formula is C38H42ClN3O6S. The number of carbonyl (C=O) groups is 2. The molecule has 4 aromatic carbocycles. The van der Waals surface area contributed by atoms with Crippen LogP contribution >= 0.6 is 11.6 Å². The molecule has 49 heavy (non-hydrogen) atoms. The minimum atomic E-state index is -3.57. The van der Waals surface area contributed by atoms with Crippen LogP contribution in [0.25, 0.3) is 0 Å². The van der Waals surface area contributed by atoms with Gasteiger partial charge in [0.05, 0.1) is 19.1 Å². The van der Waals surface area contributed by atoms with Crippen LogP contribution in [0.4, 0.5) is 0 Å². The number of rotatable bonds is 17. The average molecular weight is 704 g/mol. The Balaban J connectivity index is 1.34. The van der Waals surface area contributed by atoms with Gasteiger partial charge >= 0.3 is 0 Å². The summed E-state index contributed by atoms with van der Waals surface area (Å²) in [5.74, 6) is 0.780. The number of hydrogen-bond acceptors (Lipinski definition) is 6. The number of aryl methyl sites for hydroxylation is 1. The quantitative estimate of drug-likeness (QED) is 0.145. The van der Waals surface area contributed by atoms with Gasteiger partial charge in [0, 0.05) is 37.0 Å². The first-order valence-corrected chi connectivity index (χ1v) is 18.2. The van der Waals surface area contributed by atoms with E-state index in [-0.39, 0.29) is 35.7 Å². The molecule has 2 N–H and O–H groups in total. The van der Waals surface area contributed by atoms with Gasteiger partial charge < -0.3 is 19.7 Å². The lowest BCUT2D eigenvalue weighted by Crippen LogP contribution is -2.50. The number of nitrogens with one attached hydrogen (secondary N) is 2. The Hall–Kier alpha value is -4.38. The van der Waals surface area contributed by atoms with E-state index in [1.807, 2.05) is 60.7 Å². The largest absolute Gasteiger partial charge is 0.493 e. The summed E-state index contributed by atoms with van der Waals surface area (Å²) in [4.78, 5) is 29.9. The molecule has 4 aromatic rings. The summed E-state index contributed by atoms with van der Waals surface area (Å²) in [6, 6.07) is 28.3.